The van der Waals surface area contributed by atoms with Crippen LogP contribution in [0.2, 0.25) is 0 Å². The molecule has 5 nitrogen and oxygen atoms in total. The van der Waals surface area contributed by atoms with Gasteiger partial charge in [0.2, 0.25) is 0 Å². The second-order valence-electron chi connectivity index (χ2n) is 6.97. The zero-order chi connectivity index (χ0) is 16.5. The Hall–Kier alpha value is -1.26. The molecule has 21 heavy (non-hydrogen) atoms. The van der Waals surface area contributed by atoms with E-state index < -0.39 is 5.60 Å². The zero-order valence-corrected chi connectivity index (χ0v) is 14.5. The van der Waals surface area contributed by atoms with Gasteiger partial charge in [-0.2, -0.15) is 0 Å². The summed E-state index contributed by atoms with van der Waals surface area (Å²) in [6.07, 6.45) is 3.72. The predicted octanol–water partition coefficient (Wildman–Crippen LogP) is 2.84. The quantitative estimate of drug-likeness (QED) is 0.410. The first-order valence-corrected chi connectivity index (χ1v) is 7.88. The molecule has 0 aromatic rings. The zero-order valence-electron chi connectivity index (χ0n) is 14.5. The third-order valence-corrected chi connectivity index (χ3v) is 2.83. The first kappa shape index (κ1) is 19.7. The van der Waals surface area contributed by atoms with Crippen LogP contribution in [0.5, 0.6) is 0 Å². The lowest BCUT2D eigenvalue weighted by Crippen LogP contribution is -2.38. The van der Waals surface area contributed by atoms with E-state index in [1.54, 1.807) is 0 Å². The number of rotatable bonds is 8. The van der Waals surface area contributed by atoms with Crippen LogP contribution in [0.4, 0.5) is 0 Å². The third kappa shape index (κ3) is 13.5. The molecule has 1 unspecified atom stereocenters. The van der Waals surface area contributed by atoms with Gasteiger partial charge in [-0.3, -0.25) is 9.79 Å². The van der Waals surface area contributed by atoms with E-state index in [2.05, 4.69) is 31.1 Å². The van der Waals surface area contributed by atoms with Crippen molar-refractivity contribution in [1.82, 2.24) is 5.32 Å². The molecule has 3 N–H and O–H groups in total. The number of carbonyl (C=O) groups is 1. The molecule has 0 amide bonds. The highest BCUT2D eigenvalue weighted by atomic mass is 16.6. The molecule has 0 saturated carbocycles. The summed E-state index contributed by atoms with van der Waals surface area (Å²) in [4.78, 5) is 15.7. The number of ether oxygens (including phenoxy) is 1. The summed E-state index contributed by atoms with van der Waals surface area (Å²) in [5.74, 6) is 0.886. The fourth-order valence-corrected chi connectivity index (χ4v) is 1.86. The Kier molecular flexibility index (Phi) is 9.06. The minimum atomic E-state index is -0.449. The average molecular weight is 299 g/mol. The standard InChI is InChI=1S/C16H33N3O2/c1-12(2)8-7-9-13(3)19-15(17)18-11-10-14(20)21-16(4,5)6/h12-13H,7-11H2,1-6H3,(H3,17,18,19). The van der Waals surface area contributed by atoms with E-state index in [9.17, 15) is 4.79 Å². The van der Waals surface area contributed by atoms with Crippen LogP contribution in [-0.4, -0.2) is 30.1 Å². The molecule has 0 aliphatic carbocycles. The molecule has 5 heteroatoms. The summed E-state index contributed by atoms with van der Waals surface area (Å²) in [5, 5.41) is 3.15. The molecule has 0 spiro atoms. The number of hydrogen-bond acceptors (Lipinski definition) is 3. The summed E-state index contributed by atoms with van der Waals surface area (Å²) in [6.45, 7) is 12.5. The van der Waals surface area contributed by atoms with E-state index in [4.69, 9.17) is 10.5 Å². The maximum atomic E-state index is 11.5. The largest absolute Gasteiger partial charge is 0.460 e. The number of hydrogen-bond donors (Lipinski definition) is 2. The second-order valence-corrected chi connectivity index (χ2v) is 6.97. The molecule has 0 aromatic carbocycles. The maximum Gasteiger partial charge on any atom is 0.308 e. The van der Waals surface area contributed by atoms with Crippen molar-refractivity contribution in [1.29, 1.82) is 0 Å². The van der Waals surface area contributed by atoms with Gasteiger partial charge in [0.05, 0.1) is 13.0 Å². The topological polar surface area (TPSA) is 76.7 Å². The molecule has 0 heterocycles. The smallest absolute Gasteiger partial charge is 0.308 e. The van der Waals surface area contributed by atoms with Crippen molar-refractivity contribution in [2.75, 3.05) is 6.54 Å². The van der Waals surface area contributed by atoms with Gasteiger partial charge in [0, 0.05) is 6.04 Å². The Morgan fingerprint density at radius 2 is 1.86 bits per heavy atom. The lowest BCUT2D eigenvalue weighted by Gasteiger charge is -2.19. The lowest BCUT2D eigenvalue weighted by atomic mass is 10.0. The van der Waals surface area contributed by atoms with E-state index in [1.165, 1.54) is 12.8 Å². The van der Waals surface area contributed by atoms with E-state index in [1.807, 2.05) is 20.8 Å². The van der Waals surface area contributed by atoms with E-state index in [0.29, 0.717) is 18.5 Å². The third-order valence-electron chi connectivity index (χ3n) is 2.83. The first-order chi connectivity index (χ1) is 9.60. The van der Waals surface area contributed by atoms with Crippen molar-refractivity contribution in [3.05, 3.63) is 0 Å². The Balaban J connectivity index is 3.89. The molecule has 1 atom stereocenters. The highest BCUT2D eigenvalue weighted by Crippen LogP contribution is 2.09. The Labute approximate surface area is 129 Å². The van der Waals surface area contributed by atoms with Gasteiger partial charge in [0.25, 0.3) is 0 Å². The van der Waals surface area contributed by atoms with Crippen LogP contribution >= 0.6 is 0 Å². The fraction of sp³-hybridized carbons (Fsp3) is 0.875. The van der Waals surface area contributed by atoms with Gasteiger partial charge in [0.15, 0.2) is 5.96 Å². The Bertz CT molecular complexity index is 333. The number of nitrogens with one attached hydrogen (secondary N) is 1. The highest BCUT2D eigenvalue weighted by Gasteiger charge is 2.15. The summed E-state index contributed by atoms with van der Waals surface area (Å²) in [6, 6.07) is 0.300. The molecule has 0 aromatic heterocycles. The molecule has 124 valence electrons. The van der Waals surface area contributed by atoms with Crippen molar-refractivity contribution in [2.24, 2.45) is 16.6 Å². The summed E-state index contributed by atoms with van der Waals surface area (Å²) < 4.78 is 5.21. The number of guanidine groups is 1. The average Bonchev–Trinajstić information content (AvgIpc) is 2.25. The van der Waals surface area contributed by atoms with E-state index in [0.717, 1.165) is 12.3 Å². The molecule has 0 fully saturated rings. The molecular weight excluding hydrogens is 266 g/mol. The summed E-state index contributed by atoms with van der Waals surface area (Å²) in [5.41, 5.74) is 5.36. The van der Waals surface area contributed by atoms with Crippen molar-refractivity contribution in [3.63, 3.8) is 0 Å². The number of carbonyl (C=O) groups excluding carboxylic acids is 1. The summed E-state index contributed by atoms with van der Waals surface area (Å²) >= 11 is 0. The Morgan fingerprint density at radius 1 is 1.24 bits per heavy atom. The Morgan fingerprint density at radius 3 is 2.38 bits per heavy atom. The van der Waals surface area contributed by atoms with Crippen LogP contribution < -0.4 is 11.1 Å². The molecule has 0 aliphatic heterocycles. The monoisotopic (exact) mass is 299 g/mol. The van der Waals surface area contributed by atoms with E-state index in [-0.39, 0.29) is 12.4 Å². The van der Waals surface area contributed by atoms with Gasteiger partial charge < -0.3 is 15.8 Å². The lowest BCUT2D eigenvalue weighted by molar-refractivity contribution is -0.154. The molecule has 0 radical (unpaired) electrons. The van der Waals surface area contributed by atoms with Crippen LogP contribution in [0.1, 0.15) is 67.2 Å². The van der Waals surface area contributed by atoms with Gasteiger partial charge in [-0.25, -0.2) is 0 Å². The molecule has 0 aliphatic rings. The number of esters is 1. The predicted molar refractivity (Wildman–Crippen MR) is 88.2 cm³/mol. The number of aliphatic imine (C=N–C) groups is 1. The minimum Gasteiger partial charge on any atom is -0.460 e. The van der Waals surface area contributed by atoms with Crippen molar-refractivity contribution in [2.45, 2.75) is 78.9 Å². The van der Waals surface area contributed by atoms with Crippen LogP contribution in [0.15, 0.2) is 4.99 Å². The van der Waals surface area contributed by atoms with Crippen molar-refractivity contribution in [3.8, 4) is 0 Å². The van der Waals surface area contributed by atoms with Crippen molar-refractivity contribution < 1.29 is 9.53 Å². The van der Waals surface area contributed by atoms with Gasteiger partial charge in [-0.15, -0.1) is 0 Å². The highest BCUT2D eigenvalue weighted by molar-refractivity contribution is 5.78. The van der Waals surface area contributed by atoms with Gasteiger partial charge in [-0.1, -0.05) is 26.7 Å². The fourth-order valence-electron chi connectivity index (χ4n) is 1.86. The van der Waals surface area contributed by atoms with Gasteiger partial charge >= 0.3 is 5.97 Å². The van der Waals surface area contributed by atoms with Crippen LogP contribution in [0.25, 0.3) is 0 Å². The SMILES string of the molecule is CC(C)CCCC(C)NC(N)=NCCC(=O)OC(C)(C)C. The van der Waals surface area contributed by atoms with Crippen LogP contribution in [0, 0.1) is 5.92 Å². The first-order valence-electron chi connectivity index (χ1n) is 7.88. The molecular formula is C16H33N3O2. The van der Waals surface area contributed by atoms with Crippen LogP contribution in [0.3, 0.4) is 0 Å². The number of nitrogens with two attached hydrogens (primary N) is 1. The maximum absolute atomic E-state index is 11.5. The van der Waals surface area contributed by atoms with Crippen LogP contribution in [-0.2, 0) is 9.53 Å². The normalized spacial score (nSPS) is 14.1. The summed E-state index contributed by atoms with van der Waals surface area (Å²) in [7, 11) is 0. The molecule has 0 saturated heterocycles. The second kappa shape index (κ2) is 9.64. The van der Waals surface area contributed by atoms with Gasteiger partial charge in [0.1, 0.15) is 5.60 Å². The van der Waals surface area contributed by atoms with E-state index >= 15 is 0 Å². The molecule has 0 bridgehead atoms. The van der Waals surface area contributed by atoms with Gasteiger partial charge in [-0.05, 0) is 40.0 Å². The molecule has 0 rings (SSSR count). The number of nitrogens with zero attached hydrogens (tertiary/aromatic N) is 1. The van der Waals surface area contributed by atoms with Crippen molar-refractivity contribution >= 4 is 11.9 Å². The minimum absolute atomic E-state index is 0.246.